The third kappa shape index (κ3) is 3.29. The Balaban J connectivity index is 1.86. The number of morpholine rings is 1. The van der Waals surface area contributed by atoms with Crippen LogP contribution in [0.1, 0.15) is 40.1 Å². The Hall–Kier alpha value is -2.33. The third-order valence-electron chi connectivity index (χ3n) is 4.61. The van der Waals surface area contributed by atoms with Crippen LogP contribution in [-0.2, 0) is 4.74 Å². The van der Waals surface area contributed by atoms with Crippen molar-refractivity contribution in [1.29, 1.82) is 0 Å². The largest absolute Gasteiger partial charge is 0.399 e. The molecular formula is C20H24N2O2. The van der Waals surface area contributed by atoms with Crippen LogP contribution in [0.2, 0.25) is 0 Å². The van der Waals surface area contributed by atoms with Gasteiger partial charge in [0.1, 0.15) is 6.10 Å². The highest BCUT2D eigenvalue weighted by atomic mass is 16.5. The van der Waals surface area contributed by atoms with Gasteiger partial charge in [0, 0.05) is 11.3 Å². The zero-order valence-electron chi connectivity index (χ0n) is 14.5. The summed E-state index contributed by atoms with van der Waals surface area (Å²) < 4.78 is 6.03. The van der Waals surface area contributed by atoms with Crippen LogP contribution in [0.5, 0.6) is 0 Å². The predicted molar refractivity (Wildman–Crippen MR) is 96.0 cm³/mol. The number of rotatable bonds is 2. The molecule has 0 aliphatic carbocycles. The summed E-state index contributed by atoms with van der Waals surface area (Å²) in [6.45, 7) is 7.26. The maximum atomic E-state index is 12.9. The fourth-order valence-corrected chi connectivity index (χ4v) is 3.17. The standard InChI is InChI=1S/C20H24N2O2/c1-13-7-8-14(2)18(9-13)19-11-22(15(3)12-24-19)20(23)16-5-4-6-17(21)10-16/h4-10,15,19H,11-12,21H2,1-3H3. The number of amides is 1. The van der Waals surface area contributed by atoms with E-state index in [1.54, 1.807) is 12.1 Å². The Morgan fingerprint density at radius 2 is 2.00 bits per heavy atom. The van der Waals surface area contributed by atoms with Crippen LogP contribution in [0.4, 0.5) is 5.69 Å². The first kappa shape index (κ1) is 16.5. The van der Waals surface area contributed by atoms with Gasteiger partial charge in [0.05, 0.1) is 19.2 Å². The molecule has 4 nitrogen and oxygen atoms in total. The summed E-state index contributed by atoms with van der Waals surface area (Å²) in [6.07, 6.45) is -0.0916. The number of anilines is 1. The second-order valence-electron chi connectivity index (χ2n) is 6.61. The molecule has 1 heterocycles. The SMILES string of the molecule is Cc1ccc(C)c(C2CN(C(=O)c3cccc(N)c3)C(C)CO2)c1. The second kappa shape index (κ2) is 6.65. The van der Waals surface area contributed by atoms with Crippen molar-refractivity contribution < 1.29 is 9.53 Å². The van der Waals surface area contributed by atoms with Gasteiger partial charge in [-0.25, -0.2) is 0 Å². The molecule has 1 aliphatic rings. The summed E-state index contributed by atoms with van der Waals surface area (Å²) >= 11 is 0. The van der Waals surface area contributed by atoms with E-state index in [2.05, 4.69) is 32.0 Å². The van der Waals surface area contributed by atoms with Crippen LogP contribution in [-0.4, -0.2) is 30.0 Å². The molecule has 0 spiro atoms. The molecule has 2 N–H and O–H groups in total. The molecule has 2 aromatic carbocycles. The van der Waals surface area contributed by atoms with Gasteiger partial charge < -0.3 is 15.4 Å². The second-order valence-corrected chi connectivity index (χ2v) is 6.61. The summed E-state index contributed by atoms with van der Waals surface area (Å²) in [5, 5.41) is 0. The highest BCUT2D eigenvalue weighted by Gasteiger charge is 2.31. The van der Waals surface area contributed by atoms with Gasteiger partial charge in [0.2, 0.25) is 0 Å². The number of aryl methyl sites for hydroxylation is 2. The van der Waals surface area contributed by atoms with E-state index in [9.17, 15) is 4.79 Å². The maximum Gasteiger partial charge on any atom is 0.254 e. The number of carbonyl (C=O) groups excluding carboxylic acids is 1. The van der Waals surface area contributed by atoms with Crippen molar-refractivity contribution in [2.75, 3.05) is 18.9 Å². The Morgan fingerprint density at radius 1 is 1.21 bits per heavy atom. The molecule has 1 saturated heterocycles. The van der Waals surface area contributed by atoms with E-state index in [0.717, 1.165) is 5.56 Å². The summed E-state index contributed by atoms with van der Waals surface area (Å²) in [7, 11) is 0. The molecule has 2 unspecified atom stereocenters. The van der Waals surface area contributed by atoms with E-state index in [-0.39, 0.29) is 18.1 Å². The number of carbonyl (C=O) groups is 1. The minimum absolute atomic E-state index is 0.00778. The van der Waals surface area contributed by atoms with Gasteiger partial charge in [-0.15, -0.1) is 0 Å². The van der Waals surface area contributed by atoms with E-state index in [4.69, 9.17) is 10.5 Å². The highest BCUT2D eigenvalue weighted by molar-refractivity contribution is 5.95. The lowest BCUT2D eigenvalue weighted by Gasteiger charge is -2.38. The molecule has 1 amide bonds. The van der Waals surface area contributed by atoms with Crippen LogP contribution in [0, 0.1) is 13.8 Å². The Bertz CT molecular complexity index is 757. The van der Waals surface area contributed by atoms with Crippen molar-refractivity contribution >= 4 is 11.6 Å². The summed E-state index contributed by atoms with van der Waals surface area (Å²) in [4.78, 5) is 14.8. The Morgan fingerprint density at radius 3 is 2.75 bits per heavy atom. The van der Waals surface area contributed by atoms with Gasteiger partial charge in [0.15, 0.2) is 0 Å². The summed E-state index contributed by atoms with van der Waals surface area (Å²) in [6, 6.07) is 13.6. The first-order valence-electron chi connectivity index (χ1n) is 8.31. The number of hydrogen-bond acceptors (Lipinski definition) is 3. The summed E-state index contributed by atoms with van der Waals surface area (Å²) in [5.74, 6) is 0.00778. The molecule has 4 heteroatoms. The number of nitrogens with two attached hydrogens (primary N) is 1. The van der Waals surface area contributed by atoms with Gasteiger partial charge >= 0.3 is 0 Å². The lowest BCUT2D eigenvalue weighted by atomic mass is 9.98. The van der Waals surface area contributed by atoms with Crippen LogP contribution < -0.4 is 5.73 Å². The first-order chi connectivity index (χ1) is 11.5. The maximum absolute atomic E-state index is 12.9. The average molecular weight is 324 g/mol. The lowest BCUT2D eigenvalue weighted by molar-refractivity contribution is -0.0489. The molecule has 2 aromatic rings. The monoisotopic (exact) mass is 324 g/mol. The van der Waals surface area contributed by atoms with Gasteiger partial charge in [-0.1, -0.05) is 29.8 Å². The van der Waals surface area contributed by atoms with E-state index < -0.39 is 0 Å². The van der Waals surface area contributed by atoms with Gasteiger partial charge in [0.25, 0.3) is 5.91 Å². The fourth-order valence-electron chi connectivity index (χ4n) is 3.17. The highest BCUT2D eigenvalue weighted by Crippen LogP contribution is 2.29. The van der Waals surface area contributed by atoms with E-state index >= 15 is 0 Å². The first-order valence-corrected chi connectivity index (χ1v) is 8.31. The minimum atomic E-state index is -0.0916. The molecule has 126 valence electrons. The molecular weight excluding hydrogens is 300 g/mol. The molecule has 3 rings (SSSR count). The molecule has 2 atom stereocenters. The van der Waals surface area contributed by atoms with Crippen LogP contribution in [0.15, 0.2) is 42.5 Å². The quantitative estimate of drug-likeness (QED) is 0.860. The number of hydrogen-bond donors (Lipinski definition) is 1. The van der Waals surface area contributed by atoms with Crippen molar-refractivity contribution in [1.82, 2.24) is 4.90 Å². The van der Waals surface area contributed by atoms with Crippen molar-refractivity contribution in [2.45, 2.75) is 32.9 Å². The van der Waals surface area contributed by atoms with Crippen LogP contribution in [0.3, 0.4) is 0 Å². The van der Waals surface area contributed by atoms with Crippen LogP contribution >= 0.6 is 0 Å². The Labute approximate surface area is 143 Å². The zero-order valence-corrected chi connectivity index (χ0v) is 14.5. The lowest BCUT2D eigenvalue weighted by Crippen LogP contribution is -2.48. The minimum Gasteiger partial charge on any atom is -0.399 e. The average Bonchev–Trinajstić information content (AvgIpc) is 2.57. The summed E-state index contributed by atoms with van der Waals surface area (Å²) in [5.41, 5.74) is 10.6. The van der Waals surface area contributed by atoms with Crippen molar-refractivity contribution in [3.05, 3.63) is 64.7 Å². The molecule has 0 radical (unpaired) electrons. The number of nitrogens with zero attached hydrogens (tertiary/aromatic N) is 1. The topological polar surface area (TPSA) is 55.6 Å². The third-order valence-corrected chi connectivity index (χ3v) is 4.61. The van der Waals surface area contributed by atoms with Crippen molar-refractivity contribution in [3.8, 4) is 0 Å². The zero-order chi connectivity index (χ0) is 17.3. The number of benzene rings is 2. The molecule has 1 aliphatic heterocycles. The molecule has 24 heavy (non-hydrogen) atoms. The van der Waals surface area contributed by atoms with Crippen molar-refractivity contribution in [2.24, 2.45) is 0 Å². The number of nitrogen functional groups attached to an aromatic ring is 1. The fraction of sp³-hybridized carbons (Fsp3) is 0.350. The van der Waals surface area contributed by atoms with Gasteiger partial charge in [-0.05, 0) is 50.1 Å². The van der Waals surface area contributed by atoms with Gasteiger partial charge in [-0.3, -0.25) is 4.79 Å². The molecule has 0 bridgehead atoms. The van der Waals surface area contributed by atoms with Crippen molar-refractivity contribution in [3.63, 3.8) is 0 Å². The van der Waals surface area contributed by atoms with E-state index in [1.807, 2.05) is 24.0 Å². The molecule has 0 saturated carbocycles. The predicted octanol–water partition coefficient (Wildman–Crippen LogP) is 3.49. The normalized spacial score (nSPS) is 20.9. The molecule has 0 aromatic heterocycles. The van der Waals surface area contributed by atoms with Gasteiger partial charge in [-0.2, -0.15) is 0 Å². The Kier molecular flexibility index (Phi) is 4.58. The smallest absolute Gasteiger partial charge is 0.254 e. The van der Waals surface area contributed by atoms with Crippen LogP contribution in [0.25, 0.3) is 0 Å². The number of ether oxygens (including phenoxy) is 1. The van der Waals surface area contributed by atoms with E-state index in [1.165, 1.54) is 11.1 Å². The van der Waals surface area contributed by atoms with E-state index in [0.29, 0.717) is 24.4 Å². The molecule has 1 fully saturated rings.